The molecule has 3 unspecified atom stereocenters. The van der Waals surface area contributed by atoms with E-state index >= 15 is 0 Å². The fraction of sp³-hybridized carbons (Fsp3) is 0.600. The van der Waals surface area contributed by atoms with Gasteiger partial charge in [-0.25, -0.2) is 4.39 Å². The number of nitrogens with one attached hydrogen (secondary N) is 1. The van der Waals surface area contributed by atoms with Gasteiger partial charge in [-0.1, -0.05) is 12.5 Å². The number of ether oxygens (including phenoxy) is 1. The molecular formula is C15H22FNO2. The maximum atomic E-state index is 13.3. The maximum absolute atomic E-state index is 13.3. The first kappa shape index (κ1) is 14.3. The molecule has 4 heteroatoms. The van der Waals surface area contributed by atoms with Crippen LogP contribution in [0.4, 0.5) is 4.39 Å². The summed E-state index contributed by atoms with van der Waals surface area (Å²) in [5.41, 5.74) is 0.991. The average molecular weight is 267 g/mol. The van der Waals surface area contributed by atoms with Gasteiger partial charge in [-0.2, -0.15) is 0 Å². The summed E-state index contributed by atoms with van der Waals surface area (Å²) < 4.78 is 18.3. The van der Waals surface area contributed by atoms with Crippen molar-refractivity contribution >= 4 is 0 Å². The molecule has 1 fully saturated rings. The number of hydrogen-bond acceptors (Lipinski definition) is 3. The Hall–Kier alpha value is -1.13. The van der Waals surface area contributed by atoms with Crippen molar-refractivity contribution in [2.45, 2.75) is 38.3 Å². The molecule has 3 nitrogen and oxygen atoms in total. The number of hydrogen-bond donors (Lipinski definition) is 2. The van der Waals surface area contributed by atoms with Crippen LogP contribution in [0.25, 0.3) is 0 Å². The molecule has 3 atom stereocenters. The van der Waals surface area contributed by atoms with Gasteiger partial charge in [-0.3, -0.25) is 0 Å². The Morgan fingerprint density at radius 3 is 2.89 bits per heavy atom. The van der Waals surface area contributed by atoms with Crippen LogP contribution in [0.5, 0.6) is 5.75 Å². The fourth-order valence-corrected chi connectivity index (χ4v) is 2.65. The Labute approximate surface area is 113 Å². The van der Waals surface area contributed by atoms with Crippen molar-refractivity contribution in [3.8, 4) is 5.75 Å². The van der Waals surface area contributed by atoms with Crippen molar-refractivity contribution in [2.24, 2.45) is 5.92 Å². The van der Waals surface area contributed by atoms with Crippen LogP contribution in [-0.4, -0.2) is 24.9 Å². The largest absolute Gasteiger partial charge is 0.494 e. The van der Waals surface area contributed by atoms with Crippen LogP contribution in [0.3, 0.4) is 0 Å². The van der Waals surface area contributed by atoms with Gasteiger partial charge in [0.05, 0.1) is 13.2 Å². The Kier molecular flexibility index (Phi) is 4.77. The quantitative estimate of drug-likeness (QED) is 0.861. The molecule has 0 amide bonds. The second-order valence-corrected chi connectivity index (χ2v) is 5.28. The SMILES string of the molecule is COc1cc(C(C)NCC2CCCC2O)ccc1F. The normalized spacial score (nSPS) is 24.4. The first-order chi connectivity index (χ1) is 9.11. The number of halogens is 1. The minimum Gasteiger partial charge on any atom is -0.494 e. The van der Waals surface area contributed by atoms with Gasteiger partial charge in [0, 0.05) is 12.6 Å². The molecule has 1 aliphatic rings. The molecule has 0 heterocycles. The summed E-state index contributed by atoms with van der Waals surface area (Å²) in [6.45, 7) is 2.83. The molecule has 106 valence electrons. The summed E-state index contributed by atoms with van der Waals surface area (Å²) in [5, 5.41) is 13.2. The van der Waals surface area contributed by atoms with Crippen molar-refractivity contribution in [1.82, 2.24) is 5.32 Å². The summed E-state index contributed by atoms with van der Waals surface area (Å²) in [4.78, 5) is 0. The van der Waals surface area contributed by atoms with Crippen molar-refractivity contribution in [2.75, 3.05) is 13.7 Å². The Morgan fingerprint density at radius 2 is 2.26 bits per heavy atom. The van der Waals surface area contributed by atoms with E-state index in [1.165, 1.54) is 13.2 Å². The highest BCUT2D eigenvalue weighted by molar-refractivity contribution is 5.31. The van der Waals surface area contributed by atoms with Crippen LogP contribution in [0, 0.1) is 11.7 Å². The lowest BCUT2D eigenvalue weighted by molar-refractivity contribution is 0.130. The van der Waals surface area contributed by atoms with E-state index in [1.54, 1.807) is 12.1 Å². The zero-order valence-electron chi connectivity index (χ0n) is 11.5. The summed E-state index contributed by atoms with van der Waals surface area (Å²) >= 11 is 0. The zero-order valence-corrected chi connectivity index (χ0v) is 11.5. The number of rotatable bonds is 5. The molecule has 0 aliphatic heterocycles. The summed E-state index contributed by atoms with van der Waals surface area (Å²) in [5.74, 6) is 0.265. The van der Waals surface area contributed by atoms with Gasteiger partial charge in [0.25, 0.3) is 0 Å². The van der Waals surface area contributed by atoms with Crippen molar-refractivity contribution in [1.29, 1.82) is 0 Å². The molecule has 0 saturated heterocycles. The Balaban J connectivity index is 1.94. The highest BCUT2D eigenvalue weighted by Crippen LogP contribution is 2.26. The van der Waals surface area contributed by atoms with E-state index in [0.29, 0.717) is 5.92 Å². The number of methoxy groups -OCH3 is 1. The lowest BCUT2D eigenvalue weighted by atomic mass is 10.0. The van der Waals surface area contributed by atoms with Gasteiger partial charge in [0.2, 0.25) is 0 Å². The smallest absolute Gasteiger partial charge is 0.165 e. The molecule has 0 radical (unpaired) electrons. The topological polar surface area (TPSA) is 41.5 Å². The third-order valence-electron chi connectivity index (χ3n) is 3.98. The molecule has 1 aliphatic carbocycles. The zero-order chi connectivity index (χ0) is 13.8. The molecule has 1 aromatic carbocycles. The van der Waals surface area contributed by atoms with Gasteiger partial charge in [0.15, 0.2) is 11.6 Å². The standard InChI is InChI=1S/C15H22FNO2/c1-10(17-9-12-4-3-5-14(12)18)11-6-7-13(16)15(8-11)19-2/h6-8,10,12,14,17-18H,3-5,9H2,1-2H3. The van der Waals surface area contributed by atoms with E-state index in [2.05, 4.69) is 5.32 Å². The molecule has 1 aromatic rings. The minimum atomic E-state index is -0.343. The number of aliphatic hydroxyl groups excluding tert-OH is 1. The van der Waals surface area contributed by atoms with Crippen LogP contribution >= 0.6 is 0 Å². The first-order valence-electron chi connectivity index (χ1n) is 6.86. The van der Waals surface area contributed by atoms with Crippen LogP contribution in [0.1, 0.15) is 37.8 Å². The van der Waals surface area contributed by atoms with Crippen LogP contribution in [0.2, 0.25) is 0 Å². The van der Waals surface area contributed by atoms with Crippen molar-refractivity contribution < 1.29 is 14.2 Å². The van der Waals surface area contributed by atoms with Gasteiger partial charge < -0.3 is 15.2 Å². The molecular weight excluding hydrogens is 245 g/mol. The van der Waals surface area contributed by atoms with Gasteiger partial charge >= 0.3 is 0 Å². The predicted molar refractivity (Wildman–Crippen MR) is 72.7 cm³/mol. The van der Waals surface area contributed by atoms with Gasteiger partial charge in [-0.15, -0.1) is 0 Å². The van der Waals surface area contributed by atoms with Gasteiger partial charge in [0.1, 0.15) is 0 Å². The second-order valence-electron chi connectivity index (χ2n) is 5.28. The average Bonchev–Trinajstić information content (AvgIpc) is 2.82. The van der Waals surface area contributed by atoms with E-state index < -0.39 is 0 Å². The fourth-order valence-electron chi connectivity index (χ4n) is 2.65. The predicted octanol–water partition coefficient (Wildman–Crippen LogP) is 2.65. The molecule has 2 N–H and O–H groups in total. The molecule has 0 spiro atoms. The molecule has 2 rings (SSSR count). The molecule has 0 bridgehead atoms. The first-order valence-corrected chi connectivity index (χ1v) is 6.86. The summed E-state index contributed by atoms with van der Waals surface area (Å²) in [6, 6.07) is 5.03. The lowest BCUT2D eigenvalue weighted by Gasteiger charge is -2.20. The Morgan fingerprint density at radius 1 is 1.47 bits per heavy atom. The van der Waals surface area contributed by atoms with Crippen molar-refractivity contribution in [3.05, 3.63) is 29.6 Å². The van der Waals surface area contributed by atoms with Crippen molar-refractivity contribution in [3.63, 3.8) is 0 Å². The second kappa shape index (κ2) is 6.35. The monoisotopic (exact) mass is 267 g/mol. The van der Waals surface area contributed by atoms with Crippen LogP contribution < -0.4 is 10.1 Å². The van der Waals surface area contributed by atoms with E-state index in [9.17, 15) is 9.50 Å². The number of aliphatic hydroxyl groups is 1. The lowest BCUT2D eigenvalue weighted by Crippen LogP contribution is -2.29. The van der Waals surface area contributed by atoms with Crippen LogP contribution in [0.15, 0.2) is 18.2 Å². The van der Waals surface area contributed by atoms with E-state index in [0.717, 1.165) is 31.4 Å². The minimum absolute atomic E-state index is 0.113. The van der Waals surface area contributed by atoms with Crippen LogP contribution in [-0.2, 0) is 0 Å². The third kappa shape index (κ3) is 3.45. The highest BCUT2D eigenvalue weighted by atomic mass is 19.1. The summed E-state index contributed by atoms with van der Waals surface area (Å²) in [6.07, 6.45) is 2.91. The molecule has 0 aromatic heterocycles. The molecule has 1 saturated carbocycles. The van der Waals surface area contributed by atoms with E-state index in [4.69, 9.17) is 4.74 Å². The van der Waals surface area contributed by atoms with E-state index in [-0.39, 0.29) is 23.7 Å². The molecule has 19 heavy (non-hydrogen) atoms. The Bertz CT molecular complexity index is 425. The number of benzene rings is 1. The summed E-state index contributed by atoms with van der Waals surface area (Å²) in [7, 11) is 1.47. The third-order valence-corrected chi connectivity index (χ3v) is 3.98. The van der Waals surface area contributed by atoms with Gasteiger partial charge in [-0.05, 0) is 43.4 Å². The highest BCUT2D eigenvalue weighted by Gasteiger charge is 2.25. The van der Waals surface area contributed by atoms with E-state index in [1.807, 2.05) is 6.92 Å². The maximum Gasteiger partial charge on any atom is 0.165 e.